The van der Waals surface area contributed by atoms with Crippen LogP contribution in [0, 0.1) is 29.6 Å². The number of benzene rings is 1. The lowest BCUT2D eigenvalue weighted by Gasteiger charge is -2.33. The Morgan fingerprint density at radius 1 is 0.867 bits per heavy atom. The summed E-state index contributed by atoms with van der Waals surface area (Å²) in [5.74, 6) is -0.129. The fourth-order valence-corrected chi connectivity index (χ4v) is 6.32. The van der Waals surface area contributed by atoms with Crippen molar-refractivity contribution < 1.29 is 23.9 Å². The third kappa shape index (κ3) is 3.17. The summed E-state index contributed by atoms with van der Waals surface area (Å²) in [4.78, 5) is 52.1. The molecule has 1 saturated heterocycles. The zero-order valence-corrected chi connectivity index (χ0v) is 17.0. The van der Waals surface area contributed by atoms with Crippen molar-refractivity contribution in [3.05, 3.63) is 35.9 Å². The second kappa shape index (κ2) is 7.64. The van der Waals surface area contributed by atoms with E-state index in [1.807, 2.05) is 6.07 Å². The van der Waals surface area contributed by atoms with Crippen molar-refractivity contribution in [1.82, 2.24) is 4.90 Å². The van der Waals surface area contributed by atoms with Gasteiger partial charge in [-0.1, -0.05) is 30.3 Å². The number of ketones is 1. The minimum atomic E-state index is -0.355. The van der Waals surface area contributed by atoms with Gasteiger partial charge in [0.15, 0.2) is 12.4 Å². The number of nitrogens with zero attached hydrogens (tertiary/aromatic N) is 1. The number of esters is 1. The van der Waals surface area contributed by atoms with E-state index in [0.29, 0.717) is 43.1 Å². The first-order chi connectivity index (χ1) is 14.5. The largest absolute Gasteiger partial charge is 0.457 e. The highest BCUT2D eigenvalue weighted by Crippen LogP contribution is 2.56. The molecule has 30 heavy (non-hydrogen) atoms. The molecule has 3 aliphatic carbocycles. The molecule has 3 saturated carbocycles. The molecule has 2 amide bonds. The fourth-order valence-electron chi connectivity index (χ4n) is 6.32. The van der Waals surface area contributed by atoms with E-state index in [0.717, 1.165) is 19.3 Å². The third-order valence-electron chi connectivity index (χ3n) is 7.80. The van der Waals surface area contributed by atoms with Crippen molar-refractivity contribution in [1.29, 1.82) is 0 Å². The standard InChI is InChI=1S/C24H27NO5/c26-19(14-4-2-1-3-5-14)13-30-24(29)15-8-10-18(11-9-15)25-22(27)20-16-6-7-17(12-16)21(20)23(25)28/h1-5,15-18,20-21H,6-13H2. The number of hydrogen-bond acceptors (Lipinski definition) is 5. The van der Waals surface area contributed by atoms with E-state index in [-0.39, 0.29) is 54.0 Å². The molecule has 1 aliphatic heterocycles. The number of carbonyl (C=O) groups excluding carboxylic acids is 4. The molecule has 1 heterocycles. The molecule has 1 aromatic rings. The molecule has 0 aromatic heterocycles. The monoisotopic (exact) mass is 409 g/mol. The van der Waals surface area contributed by atoms with Crippen molar-refractivity contribution >= 4 is 23.6 Å². The van der Waals surface area contributed by atoms with E-state index in [1.165, 1.54) is 0 Å². The second-order valence-corrected chi connectivity index (χ2v) is 9.33. The second-order valence-electron chi connectivity index (χ2n) is 9.33. The van der Waals surface area contributed by atoms with Gasteiger partial charge in [0.2, 0.25) is 11.8 Å². The summed E-state index contributed by atoms with van der Waals surface area (Å²) in [6.07, 6.45) is 5.65. The number of ether oxygens (including phenoxy) is 1. The van der Waals surface area contributed by atoms with Crippen molar-refractivity contribution in [2.45, 2.75) is 51.0 Å². The van der Waals surface area contributed by atoms with Crippen LogP contribution in [-0.4, -0.2) is 41.1 Å². The highest BCUT2D eigenvalue weighted by Gasteiger charge is 2.61. The molecule has 4 aliphatic rings. The normalized spacial score (nSPS) is 34.9. The maximum absolute atomic E-state index is 13.0. The van der Waals surface area contributed by atoms with E-state index >= 15 is 0 Å². The number of Topliss-reactive ketones (excluding diaryl/α,β-unsaturated/α-hetero) is 1. The first-order valence-corrected chi connectivity index (χ1v) is 11.2. The number of hydrogen-bond donors (Lipinski definition) is 0. The van der Waals surface area contributed by atoms with Gasteiger partial charge < -0.3 is 4.74 Å². The third-order valence-corrected chi connectivity index (χ3v) is 7.80. The van der Waals surface area contributed by atoms with Gasteiger partial charge in [-0.25, -0.2) is 0 Å². The number of rotatable bonds is 5. The summed E-state index contributed by atoms with van der Waals surface area (Å²) >= 11 is 0. The van der Waals surface area contributed by atoms with Crippen molar-refractivity contribution in [3.8, 4) is 0 Å². The Morgan fingerprint density at radius 3 is 2.07 bits per heavy atom. The minimum Gasteiger partial charge on any atom is -0.457 e. The fraction of sp³-hybridized carbons (Fsp3) is 0.583. The maximum atomic E-state index is 13.0. The van der Waals surface area contributed by atoms with Gasteiger partial charge in [0.05, 0.1) is 17.8 Å². The smallest absolute Gasteiger partial charge is 0.309 e. The summed E-state index contributed by atoms with van der Waals surface area (Å²) in [6, 6.07) is 8.69. The quantitative estimate of drug-likeness (QED) is 0.424. The van der Waals surface area contributed by atoms with Crippen molar-refractivity contribution in [2.24, 2.45) is 29.6 Å². The number of imide groups is 1. The van der Waals surface area contributed by atoms with Crippen molar-refractivity contribution in [2.75, 3.05) is 6.61 Å². The molecule has 158 valence electrons. The molecule has 4 unspecified atom stereocenters. The van der Waals surface area contributed by atoms with E-state index < -0.39 is 0 Å². The van der Waals surface area contributed by atoms with Crippen LogP contribution < -0.4 is 0 Å². The van der Waals surface area contributed by atoms with Crippen LogP contribution >= 0.6 is 0 Å². The van der Waals surface area contributed by atoms with Crippen LogP contribution in [0.3, 0.4) is 0 Å². The molecular weight excluding hydrogens is 382 g/mol. The molecule has 6 heteroatoms. The first kappa shape index (κ1) is 19.5. The zero-order chi connectivity index (χ0) is 20.8. The SMILES string of the molecule is O=C(COC(=O)C1CCC(N2C(=O)C3C4CCC(C4)C3C2=O)CC1)c1ccccc1. The van der Waals surface area contributed by atoms with Crippen LogP contribution in [0.25, 0.3) is 0 Å². The Hall–Kier alpha value is -2.50. The van der Waals surface area contributed by atoms with Gasteiger partial charge >= 0.3 is 5.97 Å². The molecular formula is C24H27NO5. The number of amides is 2. The topological polar surface area (TPSA) is 80.8 Å². The van der Waals surface area contributed by atoms with E-state index in [4.69, 9.17) is 4.74 Å². The molecule has 0 spiro atoms. The average molecular weight is 409 g/mol. The molecule has 2 bridgehead atoms. The van der Waals surface area contributed by atoms with E-state index in [9.17, 15) is 19.2 Å². The Kier molecular flexibility index (Phi) is 4.95. The number of carbonyl (C=O) groups is 4. The van der Waals surface area contributed by atoms with Crippen LogP contribution in [0.4, 0.5) is 0 Å². The first-order valence-electron chi connectivity index (χ1n) is 11.2. The summed E-state index contributed by atoms with van der Waals surface area (Å²) < 4.78 is 5.26. The molecule has 4 atom stereocenters. The molecule has 0 N–H and O–H groups in total. The van der Waals surface area contributed by atoms with Gasteiger partial charge in [0.1, 0.15) is 0 Å². The Bertz CT molecular complexity index is 845. The van der Waals surface area contributed by atoms with Crippen LogP contribution in [0.2, 0.25) is 0 Å². The lowest BCUT2D eigenvalue weighted by molar-refractivity contribution is -0.149. The molecule has 5 rings (SSSR count). The van der Waals surface area contributed by atoms with Gasteiger partial charge in [-0.15, -0.1) is 0 Å². The predicted molar refractivity (Wildman–Crippen MR) is 107 cm³/mol. The van der Waals surface area contributed by atoms with E-state index in [2.05, 4.69) is 0 Å². The van der Waals surface area contributed by atoms with Gasteiger partial charge in [-0.3, -0.25) is 24.1 Å². The van der Waals surface area contributed by atoms with Crippen LogP contribution in [0.1, 0.15) is 55.3 Å². The minimum absolute atomic E-state index is 0.0386. The Balaban J connectivity index is 1.14. The van der Waals surface area contributed by atoms with Gasteiger partial charge in [-0.2, -0.15) is 0 Å². The summed E-state index contributed by atoms with van der Waals surface area (Å²) in [7, 11) is 0. The number of likely N-dealkylation sites (tertiary alicyclic amines) is 1. The zero-order valence-electron chi connectivity index (χ0n) is 17.0. The maximum Gasteiger partial charge on any atom is 0.309 e. The summed E-state index contributed by atoms with van der Waals surface area (Å²) in [5.41, 5.74) is 0.527. The Morgan fingerprint density at radius 2 is 1.47 bits per heavy atom. The molecule has 4 fully saturated rings. The van der Waals surface area contributed by atoms with E-state index in [1.54, 1.807) is 29.2 Å². The summed E-state index contributed by atoms with van der Waals surface area (Å²) in [6.45, 7) is -0.252. The lowest BCUT2D eigenvalue weighted by atomic mass is 9.81. The number of fused-ring (bicyclic) bond motifs is 5. The molecule has 6 nitrogen and oxygen atoms in total. The highest BCUT2D eigenvalue weighted by molar-refractivity contribution is 6.06. The molecule has 1 aromatic carbocycles. The van der Waals surface area contributed by atoms with Gasteiger partial charge in [0.25, 0.3) is 0 Å². The molecule has 0 radical (unpaired) electrons. The van der Waals surface area contributed by atoms with Crippen LogP contribution in [-0.2, 0) is 19.1 Å². The Labute approximate surface area is 175 Å². The van der Waals surface area contributed by atoms with Gasteiger partial charge in [0, 0.05) is 11.6 Å². The van der Waals surface area contributed by atoms with Crippen LogP contribution in [0.5, 0.6) is 0 Å². The highest BCUT2D eigenvalue weighted by atomic mass is 16.5. The van der Waals surface area contributed by atoms with Crippen LogP contribution in [0.15, 0.2) is 30.3 Å². The van der Waals surface area contributed by atoms with Gasteiger partial charge in [-0.05, 0) is 56.8 Å². The average Bonchev–Trinajstić information content (AvgIpc) is 3.46. The van der Waals surface area contributed by atoms with Crippen molar-refractivity contribution in [3.63, 3.8) is 0 Å². The summed E-state index contributed by atoms with van der Waals surface area (Å²) in [5, 5.41) is 0. The predicted octanol–water partition coefficient (Wildman–Crippen LogP) is 3.00. The lowest BCUT2D eigenvalue weighted by Crippen LogP contribution is -2.44.